The molecule has 0 spiro atoms. The SMILES string of the molecule is FC(F)(F)C1CCCN(CC2CO2)C1. The molecule has 0 saturated carbocycles. The number of likely N-dealkylation sites (tertiary alicyclic amines) is 1. The van der Waals surface area contributed by atoms with E-state index in [2.05, 4.69) is 0 Å². The molecule has 5 heteroatoms. The van der Waals surface area contributed by atoms with E-state index in [1.165, 1.54) is 0 Å². The maximum Gasteiger partial charge on any atom is 0.393 e. The standard InChI is InChI=1S/C9H14F3NO/c10-9(11,12)7-2-1-3-13(4-7)5-8-6-14-8/h7-8H,1-6H2. The Morgan fingerprint density at radius 3 is 2.64 bits per heavy atom. The highest BCUT2D eigenvalue weighted by Gasteiger charge is 2.42. The quantitative estimate of drug-likeness (QED) is 0.643. The highest BCUT2D eigenvalue weighted by Crippen LogP contribution is 2.33. The molecule has 0 radical (unpaired) electrons. The fourth-order valence-corrected chi connectivity index (χ4v) is 1.95. The zero-order valence-electron chi connectivity index (χ0n) is 7.89. The van der Waals surface area contributed by atoms with Crippen molar-refractivity contribution in [3.05, 3.63) is 0 Å². The van der Waals surface area contributed by atoms with Gasteiger partial charge in [-0.25, -0.2) is 0 Å². The van der Waals surface area contributed by atoms with Gasteiger partial charge < -0.3 is 9.64 Å². The number of hydrogen-bond acceptors (Lipinski definition) is 2. The summed E-state index contributed by atoms with van der Waals surface area (Å²) in [6.07, 6.45) is -2.90. The minimum atomic E-state index is -4.02. The topological polar surface area (TPSA) is 15.8 Å². The Labute approximate surface area is 81.0 Å². The number of rotatable bonds is 2. The number of halogens is 3. The van der Waals surface area contributed by atoms with Crippen LogP contribution >= 0.6 is 0 Å². The van der Waals surface area contributed by atoms with Crippen LogP contribution in [0.3, 0.4) is 0 Å². The van der Waals surface area contributed by atoms with Crippen molar-refractivity contribution in [2.75, 3.05) is 26.2 Å². The van der Waals surface area contributed by atoms with Gasteiger partial charge >= 0.3 is 6.18 Å². The molecular formula is C9H14F3NO. The molecule has 0 amide bonds. The molecule has 2 heterocycles. The molecule has 2 nitrogen and oxygen atoms in total. The Morgan fingerprint density at radius 1 is 1.36 bits per heavy atom. The lowest BCUT2D eigenvalue weighted by molar-refractivity contribution is -0.186. The second-order valence-corrected chi connectivity index (χ2v) is 4.10. The first-order valence-electron chi connectivity index (χ1n) is 4.96. The van der Waals surface area contributed by atoms with Gasteiger partial charge in [0.1, 0.15) is 0 Å². The van der Waals surface area contributed by atoms with E-state index in [0.29, 0.717) is 19.6 Å². The number of ether oxygens (including phenoxy) is 1. The van der Waals surface area contributed by atoms with Crippen LogP contribution in [0.1, 0.15) is 12.8 Å². The molecule has 2 saturated heterocycles. The minimum absolute atomic E-state index is 0.156. The Hall–Kier alpha value is -0.290. The molecule has 0 bridgehead atoms. The van der Waals surface area contributed by atoms with Crippen LogP contribution in [-0.4, -0.2) is 43.4 Å². The van der Waals surface area contributed by atoms with E-state index in [1.807, 2.05) is 4.90 Å². The summed E-state index contributed by atoms with van der Waals surface area (Å²) in [6.45, 7) is 2.33. The molecule has 14 heavy (non-hydrogen) atoms. The van der Waals surface area contributed by atoms with E-state index in [4.69, 9.17) is 4.74 Å². The van der Waals surface area contributed by atoms with Gasteiger partial charge in [-0.2, -0.15) is 13.2 Å². The number of epoxide rings is 1. The van der Waals surface area contributed by atoms with Gasteiger partial charge in [0, 0.05) is 13.1 Å². The van der Waals surface area contributed by atoms with Crippen LogP contribution in [0.2, 0.25) is 0 Å². The Bertz CT molecular complexity index is 203. The van der Waals surface area contributed by atoms with E-state index >= 15 is 0 Å². The highest BCUT2D eigenvalue weighted by atomic mass is 19.4. The van der Waals surface area contributed by atoms with Crippen LogP contribution in [0.4, 0.5) is 13.2 Å². The molecule has 2 fully saturated rings. The van der Waals surface area contributed by atoms with E-state index in [9.17, 15) is 13.2 Å². The van der Waals surface area contributed by atoms with Crippen molar-refractivity contribution in [3.63, 3.8) is 0 Å². The van der Waals surface area contributed by atoms with Gasteiger partial charge in [0.2, 0.25) is 0 Å². The van der Waals surface area contributed by atoms with E-state index < -0.39 is 12.1 Å². The average molecular weight is 209 g/mol. The summed E-state index contributed by atoms with van der Waals surface area (Å²) < 4.78 is 42.2. The second-order valence-electron chi connectivity index (χ2n) is 4.10. The van der Waals surface area contributed by atoms with Crippen molar-refractivity contribution in [2.45, 2.75) is 25.1 Å². The number of nitrogens with zero attached hydrogens (tertiary/aromatic N) is 1. The number of alkyl halides is 3. The summed E-state index contributed by atoms with van der Waals surface area (Å²) in [5, 5.41) is 0. The molecule has 0 aromatic rings. The number of piperidine rings is 1. The summed E-state index contributed by atoms with van der Waals surface area (Å²) >= 11 is 0. The van der Waals surface area contributed by atoms with Gasteiger partial charge in [-0.1, -0.05) is 0 Å². The maximum absolute atomic E-state index is 12.4. The lowest BCUT2D eigenvalue weighted by Crippen LogP contribution is -2.43. The summed E-state index contributed by atoms with van der Waals surface area (Å²) in [7, 11) is 0. The Balaban J connectivity index is 1.83. The lowest BCUT2D eigenvalue weighted by Gasteiger charge is -2.33. The highest BCUT2D eigenvalue weighted by molar-refractivity contribution is 4.82. The van der Waals surface area contributed by atoms with Gasteiger partial charge in [-0.15, -0.1) is 0 Å². The van der Waals surface area contributed by atoms with Gasteiger partial charge in [0.15, 0.2) is 0 Å². The predicted molar refractivity (Wildman–Crippen MR) is 45.0 cm³/mol. The van der Waals surface area contributed by atoms with Crippen molar-refractivity contribution in [2.24, 2.45) is 5.92 Å². The fraction of sp³-hybridized carbons (Fsp3) is 1.00. The van der Waals surface area contributed by atoms with Crippen molar-refractivity contribution in [1.82, 2.24) is 4.90 Å². The summed E-state index contributed by atoms with van der Waals surface area (Å²) in [6, 6.07) is 0. The molecule has 2 aliphatic heterocycles. The van der Waals surface area contributed by atoms with Crippen LogP contribution in [0.25, 0.3) is 0 Å². The maximum atomic E-state index is 12.4. The van der Waals surface area contributed by atoms with Gasteiger partial charge in [-0.3, -0.25) is 0 Å². The zero-order chi connectivity index (χ0) is 10.2. The largest absolute Gasteiger partial charge is 0.393 e. The monoisotopic (exact) mass is 209 g/mol. The van der Waals surface area contributed by atoms with Crippen LogP contribution in [0.5, 0.6) is 0 Å². The van der Waals surface area contributed by atoms with E-state index in [1.54, 1.807) is 0 Å². The predicted octanol–water partition coefficient (Wildman–Crippen LogP) is 1.66. The molecule has 0 aromatic carbocycles. The molecule has 2 unspecified atom stereocenters. The fourth-order valence-electron chi connectivity index (χ4n) is 1.95. The van der Waals surface area contributed by atoms with Crippen LogP contribution in [0.15, 0.2) is 0 Å². The smallest absolute Gasteiger partial charge is 0.372 e. The Kier molecular flexibility index (Phi) is 2.70. The Morgan fingerprint density at radius 2 is 2.07 bits per heavy atom. The van der Waals surface area contributed by atoms with Crippen molar-refractivity contribution in [1.29, 1.82) is 0 Å². The molecule has 2 rings (SSSR count). The zero-order valence-corrected chi connectivity index (χ0v) is 7.89. The van der Waals surface area contributed by atoms with Gasteiger partial charge in [0.25, 0.3) is 0 Å². The first-order chi connectivity index (χ1) is 6.55. The third-order valence-electron chi connectivity index (χ3n) is 2.83. The number of hydrogen-bond donors (Lipinski definition) is 0. The van der Waals surface area contributed by atoms with Crippen LogP contribution < -0.4 is 0 Å². The summed E-state index contributed by atoms with van der Waals surface area (Å²) in [5.41, 5.74) is 0. The first kappa shape index (κ1) is 10.2. The van der Waals surface area contributed by atoms with Crippen molar-refractivity contribution < 1.29 is 17.9 Å². The van der Waals surface area contributed by atoms with E-state index in [-0.39, 0.29) is 19.1 Å². The second kappa shape index (κ2) is 3.70. The van der Waals surface area contributed by atoms with Crippen LogP contribution in [0, 0.1) is 5.92 Å². The lowest BCUT2D eigenvalue weighted by atomic mass is 9.97. The summed E-state index contributed by atoms with van der Waals surface area (Å²) in [4.78, 5) is 1.87. The van der Waals surface area contributed by atoms with Gasteiger partial charge in [-0.05, 0) is 19.4 Å². The summed E-state index contributed by atoms with van der Waals surface area (Å²) in [5.74, 6) is -1.13. The minimum Gasteiger partial charge on any atom is -0.372 e. The van der Waals surface area contributed by atoms with E-state index in [0.717, 1.165) is 6.54 Å². The molecule has 0 N–H and O–H groups in total. The van der Waals surface area contributed by atoms with Gasteiger partial charge in [0.05, 0.1) is 18.6 Å². The molecule has 2 atom stereocenters. The van der Waals surface area contributed by atoms with Crippen LogP contribution in [-0.2, 0) is 4.74 Å². The molecular weight excluding hydrogens is 195 g/mol. The normalized spacial score (nSPS) is 34.5. The first-order valence-corrected chi connectivity index (χ1v) is 4.96. The average Bonchev–Trinajstić information content (AvgIpc) is 2.87. The van der Waals surface area contributed by atoms with Crippen molar-refractivity contribution in [3.8, 4) is 0 Å². The molecule has 0 aromatic heterocycles. The third kappa shape index (κ3) is 2.60. The third-order valence-corrected chi connectivity index (χ3v) is 2.83. The van der Waals surface area contributed by atoms with Crippen molar-refractivity contribution >= 4 is 0 Å². The molecule has 2 aliphatic rings. The molecule has 82 valence electrons. The molecule has 0 aliphatic carbocycles.